The second kappa shape index (κ2) is 5.89. The second-order valence-electron chi connectivity index (χ2n) is 7.16. The number of hydrogen-bond acceptors (Lipinski definition) is 4. The molecule has 0 aliphatic carbocycles. The number of benzene rings is 1. The molecule has 5 nitrogen and oxygen atoms in total. The van der Waals surface area contributed by atoms with Gasteiger partial charge in [-0.15, -0.1) is 0 Å². The van der Waals surface area contributed by atoms with E-state index in [9.17, 15) is 4.79 Å². The van der Waals surface area contributed by atoms with Crippen LogP contribution < -0.4 is 20.9 Å². The van der Waals surface area contributed by atoms with Gasteiger partial charge in [0, 0.05) is 24.2 Å². The molecule has 2 aromatic rings. The van der Waals surface area contributed by atoms with E-state index in [0.29, 0.717) is 0 Å². The molecule has 0 saturated carbocycles. The van der Waals surface area contributed by atoms with Crippen molar-refractivity contribution in [2.24, 2.45) is 0 Å². The third-order valence-electron chi connectivity index (χ3n) is 4.18. The zero-order chi connectivity index (χ0) is 16.6. The Morgan fingerprint density at radius 1 is 1.30 bits per heavy atom. The van der Waals surface area contributed by atoms with Crippen LogP contribution in [0.5, 0.6) is 5.75 Å². The molecule has 0 saturated heterocycles. The minimum absolute atomic E-state index is 0.00248. The highest BCUT2D eigenvalue weighted by Gasteiger charge is 2.19. The topological polar surface area (TPSA) is 66.1 Å². The van der Waals surface area contributed by atoms with Crippen LogP contribution in [0.15, 0.2) is 16.9 Å². The van der Waals surface area contributed by atoms with Gasteiger partial charge in [0.2, 0.25) is 0 Å². The van der Waals surface area contributed by atoms with Crippen LogP contribution in [0.1, 0.15) is 38.3 Å². The quantitative estimate of drug-likeness (QED) is 0.815. The third kappa shape index (κ3) is 3.20. The fourth-order valence-corrected chi connectivity index (χ4v) is 3.03. The molecule has 3 N–H and O–H groups in total. The van der Waals surface area contributed by atoms with Crippen molar-refractivity contribution in [3.8, 4) is 5.75 Å². The molecular formula is C18H25N3O2. The van der Waals surface area contributed by atoms with Crippen LogP contribution in [0.3, 0.4) is 0 Å². The van der Waals surface area contributed by atoms with Crippen molar-refractivity contribution in [1.82, 2.24) is 10.3 Å². The van der Waals surface area contributed by atoms with Crippen molar-refractivity contribution in [3.05, 3.63) is 33.6 Å². The first kappa shape index (κ1) is 15.9. The summed E-state index contributed by atoms with van der Waals surface area (Å²) in [5, 5.41) is 7.82. The van der Waals surface area contributed by atoms with Gasteiger partial charge in [0.15, 0.2) is 0 Å². The fraction of sp³-hybridized carbons (Fsp3) is 0.500. The van der Waals surface area contributed by atoms with E-state index in [1.807, 2.05) is 6.07 Å². The number of nitrogens with one attached hydrogen (secondary N) is 3. The van der Waals surface area contributed by atoms with E-state index in [0.717, 1.165) is 59.4 Å². The maximum absolute atomic E-state index is 12.4. The average Bonchev–Trinajstić information content (AvgIpc) is 2.51. The predicted molar refractivity (Wildman–Crippen MR) is 94.5 cm³/mol. The lowest BCUT2D eigenvalue weighted by atomic mass is 9.99. The molecule has 0 spiro atoms. The number of aromatic amines is 1. The standard InChI is InChI=1S/C18H25N3O2/c1-18(2,3)20-10-11-8-13-15(14(9-11)23-4)16-12(17(22)21-13)6-5-7-19-16/h8-9,19-20H,5-7,10H2,1-4H3,(H,21,22). The highest BCUT2D eigenvalue weighted by molar-refractivity contribution is 5.98. The van der Waals surface area contributed by atoms with Gasteiger partial charge in [-0.3, -0.25) is 4.79 Å². The summed E-state index contributed by atoms with van der Waals surface area (Å²) in [6.45, 7) is 8.01. The van der Waals surface area contributed by atoms with E-state index in [-0.39, 0.29) is 11.1 Å². The Labute approximate surface area is 136 Å². The summed E-state index contributed by atoms with van der Waals surface area (Å²) in [7, 11) is 1.68. The van der Waals surface area contributed by atoms with E-state index in [4.69, 9.17) is 4.74 Å². The van der Waals surface area contributed by atoms with Crippen molar-refractivity contribution in [3.63, 3.8) is 0 Å². The maximum atomic E-state index is 12.4. The van der Waals surface area contributed by atoms with Crippen molar-refractivity contribution >= 4 is 16.6 Å². The summed E-state index contributed by atoms with van der Waals surface area (Å²) >= 11 is 0. The first-order chi connectivity index (χ1) is 10.9. The number of pyridine rings is 1. The zero-order valence-electron chi connectivity index (χ0n) is 14.3. The zero-order valence-corrected chi connectivity index (χ0v) is 14.3. The van der Waals surface area contributed by atoms with Crippen LogP contribution >= 0.6 is 0 Å². The number of rotatable bonds is 3. The first-order valence-electron chi connectivity index (χ1n) is 8.14. The lowest BCUT2D eigenvalue weighted by molar-refractivity contribution is 0.413. The van der Waals surface area contributed by atoms with Crippen molar-refractivity contribution in [2.45, 2.75) is 45.7 Å². The van der Waals surface area contributed by atoms with Crippen LogP contribution in [0.25, 0.3) is 10.9 Å². The van der Waals surface area contributed by atoms with Gasteiger partial charge in [-0.1, -0.05) is 0 Å². The first-order valence-corrected chi connectivity index (χ1v) is 8.14. The van der Waals surface area contributed by atoms with Gasteiger partial charge >= 0.3 is 0 Å². The molecule has 3 rings (SSSR count). The van der Waals surface area contributed by atoms with E-state index < -0.39 is 0 Å². The molecule has 1 aromatic heterocycles. The number of ether oxygens (including phenoxy) is 1. The fourth-order valence-electron chi connectivity index (χ4n) is 3.03. The molecule has 0 fully saturated rings. The maximum Gasteiger partial charge on any atom is 0.253 e. The van der Waals surface area contributed by atoms with Crippen LogP contribution in [-0.4, -0.2) is 24.2 Å². The molecule has 124 valence electrons. The summed E-state index contributed by atoms with van der Waals surface area (Å²) in [5.41, 5.74) is 3.73. The Morgan fingerprint density at radius 3 is 2.78 bits per heavy atom. The molecular weight excluding hydrogens is 290 g/mol. The lowest BCUT2D eigenvalue weighted by Crippen LogP contribution is -2.35. The molecule has 0 amide bonds. The van der Waals surface area contributed by atoms with E-state index in [1.54, 1.807) is 7.11 Å². The number of hydrogen-bond donors (Lipinski definition) is 3. The molecule has 5 heteroatoms. The summed E-state index contributed by atoms with van der Waals surface area (Å²) in [6, 6.07) is 4.09. The number of aromatic nitrogens is 1. The number of H-pyrrole nitrogens is 1. The van der Waals surface area contributed by atoms with Crippen LogP contribution in [0, 0.1) is 0 Å². The number of anilines is 1. The molecule has 0 atom stereocenters. The van der Waals surface area contributed by atoms with Crippen LogP contribution in [-0.2, 0) is 13.0 Å². The van der Waals surface area contributed by atoms with E-state index >= 15 is 0 Å². The van der Waals surface area contributed by atoms with Gasteiger partial charge in [-0.25, -0.2) is 0 Å². The Bertz CT molecular complexity index is 787. The monoisotopic (exact) mass is 315 g/mol. The van der Waals surface area contributed by atoms with Gasteiger partial charge in [-0.2, -0.15) is 0 Å². The summed E-state index contributed by atoms with van der Waals surface area (Å²) in [5.74, 6) is 0.801. The molecule has 1 aliphatic rings. The number of fused-ring (bicyclic) bond motifs is 3. The highest BCUT2D eigenvalue weighted by atomic mass is 16.5. The molecule has 0 radical (unpaired) electrons. The van der Waals surface area contributed by atoms with E-state index in [1.165, 1.54) is 0 Å². The Morgan fingerprint density at radius 2 is 2.09 bits per heavy atom. The smallest absolute Gasteiger partial charge is 0.253 e. The minimum atomic E-state index is 0.00248. The molecule has 23 heavy (non-hydrogen) atoms. The summed E-state index contributed by atoms with van der Waals surface area (Å²) < 4.78 is 5.62. The second-order valence-corrected chi connectivity index (χ2v) is 7.16. The van der Waals surface area contributed by atoms with Gasteiger partial charge in [0.05, 0.1) is 23.7 Å². The van der Waals surface area contributed by atoms with Crippen molar-refractivity contribution in [2.75, 3.05) is 19.0 Å². The molecule has 0 unspecified atom stereocenters. The van der Waals surface area contributed by atoms with Crippen LogP contribution in [0.4, 0.5) is 5.69 Å². The molecule has 2 heterocycles. The van der Waals surface area contributed by atoms with Crippen LogP contribution in [0.2, 0.25) is 0 Å². The average molecular weight is 315 g/mol. The Hall–Kier alpha value is -2.01. The predicted octanol–water partition coefficient (Wildman–Crippen LogP) is 2.78. The summed E-state index contributed by atoms with van der Waals surface area (Å²) in [4.78, 5) is 15.4. The molecule has 0 bridgehead atoms. The third-order valence-corrected chi connectivity index (χ3v) is 4.18. The van der Waals surface area contributed by atoms with Gasteiger partial charge in [0.25, 0.3) is 5.56 Å². The van der Waals surface area contributed by atoms with Gasteiger partial charge in [0.1, 0.15) is 5.75 Å². The van der Waals surface area contributed by atoms with Crippen molar-refractivity contribution in [1.29, 1.82) is 0 Å². The molecule has 1 aromatic carbocycles. The van der Waals surface area contributed by atoms with Gasteiger partial charge < -0.3 is 20.4 Å². The van der Waals surface area contributed by atoms with Crippen molar-refractivity contribution < 1.29 is 4.74 Å². The Kier molecular flexibility index (Phi) is 4.06. The summed E-state index contributed by atoms with van der Waals surface area (Å²) in [6.07, 6.45) is 1.79. The van der Waals surface area contributed by atoms with E-state index in [2.05, 4.69) is 42.5 Å². The highest BCUT2D eigenvalue weighted by Crippen LogP contribution is 2.35. The minimum Gasteiger partial charge on any atom is -0.496 e. The molecule has 1 aliphatic heterocycles. The Balaban J connectivity index is 2.13. The largest absolute Gasteiger partial charge is 0.496 e. The number of methoxy groups -OCH3 is 1. The SMILES string of the molecule is COc1cc(CNC(C)(C)C)cc2[nH]c(=O)c3c(c12)NCCC3. The normalized spacial score (nSPS) is 14.4. The lowest BCUT2D eigenvalue weighted by Gasteiger charge is -2.23. The van der Waals surface area contributed by atoms with Gasteiger partial charge in [-0.05, 0) is 51.3 Å².